The van der Waals surface area contributed by atoms with Gasteiger partial charge in [-0.25, -0.2) is 4.39 Å². The van der Waals surface area contributed by atoms with E-state index in [-0.39, 0.29) is 23.7 Å². The summed E-state index contributed by atoms with van der Waals surface area (Å²) in [5.74, 6) is 0.0421. The molecule has 0 bridgehead atoms. The van der Waals surface area contributed by atoms with Crippen molar-refractivity contribution in [3.63, 3.8) is 0 Å². The number of fused-ring (bicyclic) bond motifs is 1. The number of ether oxygens (including phenoxy) is 1. The number of nitrogens with zero attached hydrogens (tertiary/aromatic N) is 2. The molecule has 122 valence electrons. The largest absolute Gasteiger partial charge is 0.368 e. The molecule has 4 rings (SSSR count). The molecular weight excluding hydrogens is 299 g/mol. The molecule has 0 N–H and O–H groups in total. The van der Waals surface area contributed by atoms with E-state index in [0.717, 1.165) is 36.8 Å². The van der Waals surface area contributed by atoms with Gasteiger partial charge in [0.2, 0.25) is 0 Å². The lowest BCUT2D eigenvalue weighted by Crippen LogP contribution is -2.43. The average molecular weight is 318 g/mol. The summed E-state index contributed by atoms with van der Waals surface area (Å²) in [6.07, 6.45) is 3.24. The lowest BCUT2D eigenvalue weighted by Gasteiger charge is -2.32. The van der Waals surface area contributed by atoms with E-state index in [2.05, 4.69) is 5.16 Å². The van der Waals surface area contributed by atoms with E-state index >= 15 is 0 Å². The molecule has 23 heavy (non-hydrogen) atoms. The normalized spacial score (nSPS) is 22.8. The maximum absolute atomic E-state index is 13.2. The molecule has 1 aromatic carbocycles. The highest BCUT2D eigenvalue weighted by Gasteiger charge is 2.32. The van der Waals surface area contributed by atoms with Gasteiger partial charge in [-0.2, -0.15) is 0 Å². The zero-order chi connectivity index (χ0) is 15.8. The maximum Gasteiger partial charge on any atom is 0.251 e. The summed E-state index contributed by atoms with van der Waals surface area (Å²) in [5.41, 5.74) is 1.36. The van der Waals surface area contributed by atoms with Gasteiger partial charge in [-0.05, 0) is 37.8 Å². The number of hydrogen-bond acceptors (Lipinski definition) is 4. The van der Waals surface area contributed by atoms with Crippen molar-refractivity contribution in [2.75, 3.05) is 19.7 Å². The van der Waals surface area contributed by atoms with Crippen LogP contribution in [0.5, 0.6) is 0 Å². The Bertz CT molecular complexity index is 716. The van der Waals surface area contributed by atoms with Gasteiger partial charge in [-0.15, -0.1) is 0 Å². The Balaban J connectivity index is 1.45. The number of benzene rings is 1. The van der Waals surface area contributed by atoms with Crippen LogP contribution in [0.2, 0.25) is 0 Å². The molecular formula is C17H19FN2O3. The maximum atomic E-state index is 13.2. The second-order valence-corrected chi connectivity index (χ2v) is 6.31. The Morgan fingerprint density at radius 3 is 2.83 bits per heavy atom. The molecule has 0 saturated carbocycles. The van der Waals surface area contributed by atoms with Crippen LogP contribution in [-0.2, 0) is 9.53 Å². The van der Waals surface area contributed by atoms with Crippen LogP contribution in [0.25, 0.3) is 11.0 Å². The third-order valence-electron chi connectivity index (χ3n) is 4.86. The Morgan fingerprint density at radius 2 is 2.09 bits per heavy atom. The first-order valence-electron chi connectivity index (χ1n) is 8.17. The number of likely N-dealkylation sites (tertiary alicyclic amines) is 1. The molecule has 2 fully saturated rings. The monoisotopic (exact) mass is 318 g/mol. The molecule has 0 unspecified atom stereocenters. The Labute approximate surface area is 133 Å². The fraction of sp³-hybridized carbons (Fsp3) is 0.529. The van der Waals surface area contributed by atoms with Crippen molar-refractivity contribution in [1.82, 2.24) is 10.1 Å². The first-order chi connectivity index (χ1) is 11.2. The summed E-state index contributed by atoms with van der Waals surface area (Å²) in [7, 11) is 0. The van der Waals surface area contributed by atoms with E-state index in [0.29, 0.717) is 25.3 Å². The highest BCUT2D eigenvalue weighted by Crippen LogP contribution is 2.33. The van der Waals surface area contributed by atoms with Gasteiger partial charge in [-0.3, -0.25) is 4.79 Å². The summed E-state index contributed by atoms with van der Waals surface area (Å²) in [6.45, 7) is 2.10. The third-order valence-corrected chi connectivity index (χ3v) is 4.86. The fourth-order valence-corrected chi connectivity index (χ4v) is 3.57. The zero-order valence-electron chi connectivity index (χ0n) is 12.8. The van der Waals surface area contributed by atoms with Crippen LogP contribution in [-0.4, -0.2) is 41.8 Å². The zero-order valence-corrected chi connectivity index (χ0v) is 12.8. The van der Waals surface area contributed by atoms with E-state index in [1.165, 1.54) is 12.1 Å². The Hall–Kier alpha value is -1.95. The first-order valence-corrected chi connectivity index (χ1v) is 8.17. The molecule has 0 radical (unpaired) electrons. The van der Waals surface area contributed by atoms with Gasteiger partial charge in [0.15, 0.2) is 5.58 Å². The van der Waals surface area contributed by atoms with Crippen molar-refractivity contribution in [2.45, 2.75) is 37.7 Å². The minimum absolute atomic E-state index is 0.119. The fourth-order valence-electron chi connectivity index (χ4n) is 3.57. The van der Waals surface area contributed by atoms with Gasteiger partial charge in [0.25, 0.3) is 5.91 Å². The van der Waals surface area contributed by atoms with Crippen molar-refractivity contribution in [1.29, 1.82) is 0 Å². The number of halogens is 1. The van der Waals surface area contributed by atoms with Gasteiger partial charge in [-0.1, -0.05) is 5.16 Å². The molecule has 2 aliphatic rings. The standard InChI is InChI=1S/C17H19FN2O3/c18-12-3-4-13-15(10-12)23-19-16(13)11-5-7-20(8-6-11)17(21)14-2-1-9-22-14/h3-4,10-11,14H,1-2,5-9H2/t14-/m0/s1. The number of aromatic nitrogens is 1. The molecule has 5 nitrogen and oxygen atoms in total. The summed E-state index contributed by atoms with van der Waals surface area (Å²) >= 11 is 0. The highest BCUT2D eigenvalue weighted by atomic mass is 19.1. The van der Waals surface area contributed by atoms with E-state index in [9.17, 15) is 9.18 Å². The van der Waals surface area contributed by atoms with Crippen LogP contribution in [0.15, 0.2) is 22.7 Å². The minimum Gasteiger partial charge on any atom is -0.368 e. The van der Waals surface area contributed by atoms with Crippen molar-refractivity contribution in [3.8, 4) is 0 Å². The summed E-state index contributed by atoms with van der Waals surface area (Å²) in [6, 6.07) is 4.52. The van der Waals surface area contributed by atoms with Crippen molar-refractivity contribution in [3.05, 3.63) is 29.7 Å². The smallest absolute Gasteiger partial charge is 0.251 e. The van der Waals surface area contributed by atoms with E-state index in [1.807, 2.05) is 4.90 Å². The Kier molecular flexibility index (Phi) is 3.77. The highest BCUT2D eigenvalue weighted by molar-refractivity contribution is 5.82. The molecule has 1 aromatic heterocycles. The number of amides is 1. The molecule has 6 heteroatoms. The number of rotatable bonds is 2. The molecule has 0 spiro atoms. The quantitative estimate of drug-likeness (QED) is 0.854. The molecule has 1 amide bonds. The average Bonchev–Trinajstić information content (AvgIpc) is 3.23. The molecule has 2 saturated heterocycles. The van der Waals surface area contributed by atoms with Crippen molar-refractivity contribution < 1.29 is 18.4 Å². The van der Waals surface area contributed by atoms with Crippen LogP contribution in [0, 0.1) is 5.82 Å². The lowest BCUT2D eigenvalue weighted by atomic mass is 9.91. The predicted molar refractivity (Wildman–Crippen MR) is 81.5 cm³/mol. The van der Waals surface area contributed by atoms with Gasteiger partial charge in [0.05, 0.1) is 5.69 Å². The molecule has 3 heterocycles. The number of piperidine rings is 1. The second kappa shape index (κ2) is 5.92. The van der Waals surface area contributed by atoms with E-state index in [1.54, 1.807) is 6.07 Å². The number of carbonyl (C=O) groups is 1. The van der Waals surface area contributed by atoms with Gasteiger partial charge < -0.3 is 14.2 Å². The SMILES string of the molecule is O=C([C@@H]1CCCO1)N1CCC(c2noc3cc(F)ccc23)CC1. The van der Waals surface area contributed by atoms with E-state index < -0.39 is 0 Å². The predicted octanol–water partition coefficient (Wildman–Crippen LogP) is 2.85. The van der Waals surface area contributed by atoms with Gasteiger partial charge in [0.1, 0.15) is 11.9 Å². The number of hydrogen-bond donors (Lipinski definition) is 0. The van der Waals surface area contributed by atoms with Crippen molar-refractivity contribution in [2.24, 2.45) is 0 Å². The van der Waals surface area contributed by atoms with Crippen LogP contribution >= 0.6 is 0 Å². The van der Waals surface area contributed by atoms with Crippen LogP contribution in [0.4, 0.5) is 4.39 Å². The van der Waals surface area contributed by atoms with Crippen LogP contribution < -0.4 is 0 Å². The lowest BCUT2D eigenvalue weighted by molar-refractivity contribution is -0.142. The molecule has 2 aromatic rings. The summed E-state index contributed by atoms with van der Waals surface area (Å²) < 4.78 is 24.0. The second-order valence-electron chi connectivity index (χ2n) is 6.31. The molecule has 1 atom stereocenters. The molecule has 2 aliphatic heterocycles. The third kappa shape index (κ3) is 2.72. The van der Waals surface area contributed by atoms with E-state index in [4.69, 9.17) is 9.26 Å². The van der Waals surface area contributed by atoms with Gasteiger partial charge >= 0.3 is 0 Å². The summed E-state index contributed by atoms with van der Waals surface area (Å²) in [5, 5.41) is 5.01. The topological polar surface area (TPSA) is 55.6 Å². The molecule has 0 aliphatic carbocycles. The first kappa shape index (κ1) is 14.6. The Morgan fingerprint density at radius 1 is 1.26 bits per heavy atom. The van der Waals surface area contributed by atoms with Gasteiger partial charge in [0, 0.05) is 37.1 Å². The summed E-state index contributed by atoms with van der Waals surface area (Å²) in [4.78, 5) is 14.3. The van der Waals surface area contributed by atoms with Crippen LogP contribution in [0.1, 0.15) is 37.3 Å². The number of carbonyl (C=O) groups excluding carboxylic acids is 1. The minimum atomic E-state index is -0.322. The van der Waals surface area contributed by atoms with Crippen molar-refractivity contribution >= 4 is 16.9 Å². The van der Waals surface area contributed by atoms with Crippen LogP contribution in [0.3, 0.4) is 0 Å².